The fourth-order valence-electron chi connectivity index (χ4n) is 5.80. The molecule has 6 rings (SSSR count). The van der Waals surface area contributed by atoms with Crippen LogP contribution < -0.4 is 10.6 Å². The lowest BCUT2D eigenvalue weighted by molar-refractivity contribution is -0.144. The third kappa shape index (κ3) is 5.58. The Bertz CT molecular complexity index is 1330. The zero-order chi connectivity index (χ0) is 26.7. The second-order valence-corrected chi connectivity index (χ2v) is 10.7. The molecule has 2 atom stereocenters. The van der Waals surface area contributed by atoms with Crippen LogP contribution in [0.4, 0.5) is 0 Å². The second-order valence-electron chi connectivity index (χ2n) is 10.7. The van der Waals surface area contributed by atoms with Crippen molar-refractivity contribution in [1.82, 2.24) is 10.6 Å². The molecule has 4 aromatic rings. The summed E-state index contributed by atoms with van der Waals surface area (Å²) in [6, 6.07) is 15.4. The van der Waals surface area contributed by atoms with Gasteiger partial charge >= 0.3 is 0 Å². The molecule has 0 saturated carbocycles. The third-order valence-electron chi connectivity index (χ3n) is 7.94. The molecule has 2 aliphatic rings. The Balaban J connectivity index is 1.36. The van der Waals surface area contributed by atoms with Crippen LogP contribution in [0.1, 0.15) is 36.8 Å². The van der Waals surface area contributed by atoms with Crippen molar-refractivity contribution in [3.63, 3.8) is 0 Å². The number of rotatable bonds is 10. The molecule has 2 aromatic heterocycles. The number of ether oxygens (including phenoxy) is 2. The van der Waals surface area contributed by atoms with E-state index in [1.54, 1.807) is 12.5 Å². The predicted molar refractivity (Wildman–Crippen MR) is 146 cm³/mol. The average Bonchev–Trinajstić information content (AvgIpc) is 3.77. The van der Waals surface area contributed by atoms with Crippen LogP contribution in [0.15, 0.2) is 69.9 Å². The Morgan fingerprint density at radius 1 is 0.718 bits per heavy atom. The zero-order valence-electron chi connectivity index (χ0n) is 21.9. The summed E-state index contributed by atoms with van der Waals surface area (Å²) < 4.78 is 22.6. The largest absolute Gasteiger partial charge is 0.464 e. The minimum atomic E-state index is -1.40. The van der Waals surface area contributed by atoms with Gasteiger partial charge in [-0.25, -0.2) is 0 Å². The molecule has 0 aliphatic carbocycles. The minimum Gasteiger partial charge on any atom is -0.464 e. The first-order valence-electron chi connectivity index (χ1n) is 13.8. The molecule has 8 heteroatoms. The van der Waals surface area contributed by atoms with Gasteiger partial charge < -0.3 is 28.9 Å². The summed E-state index contributed by atoms with van der Waals surface area (Å²) in [6.07, 6.45) is 7.41. The number of carbonyl (C=O) groups is 2. The Morgan fingerprint density at radius 3 is 1.64 bits per heavy atom. The highest BCUT2D eigenvalue weighted by molar-refractivity contribution is 6.06. The standard InChI is InChI=1S/C31H34N2O6/c34-29(32-19-25-3-1-11-36-25)31(30(35)33-20-26-4-2-12-37-26,17-21-5-7-27-23(15-21)9-13-38-27)18-22-6-8-28-24(16-22)10-14-39-28/h5-10,13-16,25-26H,1-4,11-12,17-20H2,(H,32,34)(H,33,35). The summed E-state index contributed by atoms with van der Waals surface area (Å²) in [6.45, 7) is 2.15. The predicted octanol–water partition coefficient (Wildman–Crippen LogP) is 4.54. The number of benzene rings is 2. The molecular formula is C31H34N2O6. The van der Waals surface area contributed by atoms with E-state index in [2.05, 4.69) is 10.6 Å². The second kappa shape index (κ2) is 11.2. The van der Waals surface area contributed by atoms with Crippen molar-refractivity contribution in [2.24, 2.45) is 5.41 Å². The molecule has 204 valence electrons. The first-order chi connectivity index (χ1) is 19.1. The van der Waals surface area contributed by atoms with Crippen LogP contribution in [0.25, 0.3) is 21.9 Å². The summed E-state index contributed by atoms with van der Waals surface area (Å²) in [7, 11) is 0. The molecule has 0 bridgehead atoms. The van der Waals surface area contributed by atoms with Crippen LogP contribution in [0.5, 0.6) is 0 Å². The molecule has 8 nitrogen and oxygen atoms in total. The lowest BCUT2D eigenvalue weighted by atomic mass is 9.74. The molecule has 2 unspecified atom stereocenters. The topological polar surface area (TPSA) is 103 Å². The third-order valence-corrected chi connectivity index (χ3v) is 7.94. The Morgan fingerprint density at radius 2 is 1.21 bits per heavy atom. The quantitative estimate of drug-likeness (QED) is 0.292. The van der Waals surface area contributed by atoms with E-state index in [0.29, 0.717) is 26.3 Å². The zero-order valence-corrected chi connectivity index (χ0v) is 21.9. The van der Waals surface area contributed by atoms with Gasteiger partial charge in [0.15, 0.2) is 0 Å². The van der Waals surface area contributed by atoms with E-state index in [0.717, 1.165) is 58.7 Å². The molecule has 2 aliphatic heterocycles. The van der Waals surface area contributed by atoms with Crippen molar-refractivity contribution < 1.29 is 27.9 Å². The van der Waals surface area contributed by atoms with E-state index in [1.807, 2.05) is 48.5 Å². The average molecular weight is 531 g/mol. The Labute approximate surface area is 227 Å². The van der Waals surface area contributed by atoms with Gasteiger partial charge in [-0.3, -0.25) is 9.59 Å². The van der Waals surface area contributed by atoms with Crippen LogP contribution >= 0.6 is 0 Å². The SMILES string of the molecule is O=C(NCC1CCCO1)C(Cc1ccc2occc2c1)(Cc1ccc2occc2c1)C(=O)NCC1CCCO1. The molecule has 2 amide bonds. The van der Waals surface area contributed by atoms with Gasteiger partial charge in [0.25, 0.3) is 0 Å². The van der Waals surface area contributed by atoms with Gasteiger partial charge in [-0.15, -0.1) is 0 Å². The van der Waals surface area contributed by atoms with Gasteiger partial charge in [-0.1, -0.05) is 12.1 Å². The smallest absolute Gasteiger partial charge is 0.236 e. The van der Waals surface area contributed by atoms with Crippen molar-refractivity contribution in [3.8, 4) is 0 Å². The van der Waals surface area contributed by atoms with Crippen molar-refractivity contribution in [2.75, 3.05) is 26.3 Å². The van der Waals surface area contributed by atoms with E-state index < -0.39 is 5.41 Å². The fraction of sp³-hybridized carbons (Fsp3) is 0.419. The van der Waals surface area contributed by atoms with Gasteiger partial charge in [0.2, 0.25) is 11.8 Å². The highest BCUT2D eigenvalue weighted by Gasteiger charge is 2.46. The normalized spacial score (nSPS) is 19.6. The molecule has 39 heavy (non-hydrogen) atoms. The fourth-order valence-corrected chi connectivity index (χ4v) is 5.80. The molecular weight excluding hydrogens is 496 g/mol. The summed E-state index contributed by atoms with van der Waals surface area (Å²) in [5.41, 5.74) is 1.90. The number of furan rings is 2. The van der Waals surface area contributed by atoms with Crippen LogP contribution in [0.2, 0.25) is 0 Å². The number of hydrogen-bond acceptors (Lipinski definition) is 6. The summed E-state index contributed by atoms with van der Waals surface area (Å²) in [4.78, 5) is 28.4. The number of carbonyl (C=O) groups excluding carboxylic acids is 2. The molecule has 2 aromatic carbocycles. The number of hydrogen-bond donors (Lipinski definition) is 2. The van der Waals surface area contributed by atoms with E-state index in [4.69, 9.17) is 18.3 Å². The summed E-state index contributed by atoms with van der Waals surface area (Å²) >= 11 is 0. The van der Waals surface area contributed by atoms with Crippen molar-refractivity contribution in [3.05, 3.63) is 72.2 Å². The maximum atomic E-state index is 14.2. The van der Waals surface area contributed by atoms with Crippen molar-refractivity contribution >= 4 is 33.8 Å². The monoisotopic (exact) mass is 530 g/mol. The molecule has 2 saturated heterocycles. The van der Waals surface area contributed by atoms with Crippen LogP contribution in [0.3, 0.4) is 0 Å². The maximum absolute atomic E-state index is 14.2. The Hall–Kier alpha value is -3.62. The van der Waals surface area contributed by atoms with Gasteiger partial charge in [0.05, 0.1) is 24.7 Å². The maximum Gasteiger partial charge on any atom is 0.236 e. The summed E-state index contributed by atoms with van der Waals surface area (Å²) in [5, 5.41) is 8.03. The number of amides is 2. The van der Waals surface area contributed by atoms with Gasteiger partial charge in [0, 0.05) is 37.1 Å². The number of nitrogens with one attached hydrogen (secondary N) is 2. The Kier molecular flexibility index (Phi) is 7.39. The van der Waals surface area contributed by atoms with Crippen LogP contribution in [-0.2, 0) is 31.9 Å². The highest BCUT2D eigenvalue weighted by Crippen LogP contribution is 2.32. The van der Waals surface area contributed by atoms with Crippen LogP contribution in [-0.4, -0.2) is 50.3 Å². The molecule has 2 fully saturated rings. The first-order valence-corrected chi connectivity index (χ1v) is 13.8. The van der Waals surface area contributed by atoms with Crippen molar-refractivity contribution in [1.29, 1.82) is 0 Å². The minimum absolute atomic E-state index is 0.0360. The molecule has 4 heterocycles. The van der Waals surface area contributed by atoms with Crippen molar-refractivity contribution in [2.45, 2.75) is 50.7 Å². The van der Waals surface area contributed by atoms with E-state index in [9.17, 15) is 9.59 Å². The highest BCUT2D eigenvalue weighted by atomic mass is 16.5. The lowest BCUT2D eigenvalue weighted by Crippen LogP contribution is -2.55. The van der Waals surface area contributed by atoms with E-state index in [-0.39, 0.29) is 36.9 Å². The van der Waals surface area contributed by atoms with Gasteiger partial charge in [-0.05, 0) is 86.1 Å². The van der Waals surface area contributed by atoms with E-state index in [1.165, 1.54) is 0 Å². The number of fused-ring (bicyclic) bond motifs is 2. The van der Waals surface area contributed by atoms with Gasteiger partial charge in [-0.2, -0.15) is 0 Å². The lowest BCUT2D eigenvalue weighted by Gasteiger charge is -2.32. The van der Waals surface area contributed by atoms with Gasteiger partial charge in [0.1, 0.15) is 16.6 Å². The van der Waals surface area contributed by atoms with E-state index >= 15 is 0 Å². The molecule has 2 N–H and O–H groups in total. The summed E-state index contributed by atoms with van der Waals surface area (Å²) in [5.74, 6) is -0.607. The molecule has 0 spiro atoms. The van der Waals surface area contributed by atoms with Crippen LogP contribution in [0, 0.1) is 5.41 Å². The first kappa shape index (κ1) is 25.6. The molecule has 0 radical (unpaired) electrons.